The van der Waals surface area contributed by atoms with Crippen LogP contribution in [-0.4, -0.2) is 28.1 Å². The zero-order valence-electron chi connectivity index (χ0n) is 17.1. The third kappa shape index (κ3) is 7.76. The number of ether oxygens (including phenoxy) is 2. The Hall–Kier alpha value is -1.10. The van der Waals surface area contributed by atoms with Gasteiger partial charge in [-0.3, -0.25) is 0 Å². The van der Waals surface area contributed by atoms with Crippen LogP contribution in [0.1, 0.15) is 46.1 Å². The van der Waals surface area contributed by atoms with Crippen molar-refractivity contribution >= 4 is 8.32 Å². The molecule has 1 atom stereocenters. The van der Waals surface area contributed by atoms with E-state index in [1.807, 2.05) is 24.3 Å². The van der Waals surface area contributed by atoms with E-state index in [2.05, 4.69) is 52.9 Å². The Morgan fingerprint density at radius 3 is 2.28 bits per heavy atom. The summed E-state index contributed by atoms with van der Waals surface area (Å²) in [6.45, 7) is 15.0. The lowest BCUT2D eigenvalue weighted by Gasteiger charge is -2.38. The Labute approximate surface area is 155 Å². The molecular weight excluding hydrogens is 328 g/mol. The number of benzene rings is 1. The van der Waals surface area contributed by atoms with Crippen LogP contribution in [0.3, 0.4) is 0 Å². The van der Waals surface area contributed by atoms with Gasteiger partial charge in [-0.1, -0.05) is 52.0 Å². The first-order chi connectivity index (χ1) is 11.7. The standard InChI is InChI=1S/C21H36O3Si/c1-8-19(24-25(6,7)21(2,3)4)11-9-10-16-23-17-18-12-14-20(22-5)15-13-18/h9,11-15,19H,8,10,16-17H2,1-7H3/b11-9-/t19-/m0/s1. The molecule has 25 heavy (non-hydrogen) atoms. The molecule has 1 rings (SSSR count). The summed E-state index contributed by atoms with van der Waals surface area (Å²) >= 11 is 0. The van der Waals surface area contributed by atoms with Crippen LogP contribution in [0.25, 0.3) is 0 Å². The molecule has 1 aromatic rings. The van der Waals surface area contributed by atoms with Crippen LogP contribution < -0.4 is 4.74 Å². The van der Waals surface area contributed by atoms with Gasteiger partial charge < -0.3 is 13.9 Å². The van der Waals surface area contributed by atoms with E-state index in [1.54, 1.807) is 7.11 Å². The van der Waals surface area contributed by atoms with E-state index in [9.17, 15) is 0 Å². The molecule has 0 radical (unpaired) electrons. The van der Waals surface area contributed by atoms with Gasteiger partial charge in [-0.15, -0.1) is 0 Å². The smallest absolute Gasteiger partial charge is 0.192 e. The second-order valence-corrected chi connectivity index (χ2v) is 12.7. The van der Waals surface area contributed by atoms with Gasteiger partial charge in [0.15, 0.2) is 8.32 Å². The normalized spacial score (nSPS) is 14.0. The summed E-state index contributed by atoms with van der Waals surface area (Å²) in [5.74, 6) is 0.874. The molecule has 0 fully saturated rings. The van der Waals surface area contributed by atoms with Crippen molar-refractivity contribution in [2.45, 2.75) is 71.4 Å². The van der Waals surface area contributed by atoms with Crippen LogP contribution in [0.5, 0.6) is 5.75 Å². The Balaban J connectivity index is 2.33. The van der Waals surface area contributed by atoms with Crippen molar-refractivity contribution in [3.63, 3.8) is 0 Å². The lowest BCUT2D eigenvalue weighted by molar-refractivity contribution is 0.125. The van der Waals surface area contributed by atoms with Crippen LogP contribution in [0.15, 0.2) is 36.4 Å². The predicted molar refractivity (Wildman–Crippen MR) is 109 cm³/mol. The second kappa shape index (κ2) is 10.1. The molecule has 0 aliphatic rings. The largest absolute Gasteiger partial charge is 0.497 e. The summed E-state index contributed by atoms with van der Waals surface area (Å²) in [6.07, 6.45) is 6.53. The number of methoxy groups -OCH3 is 1. The van der Waals surface area contributed by atoms with Crippen molar-refractivity contribution in [1.82, 2.24) is 0 Å². The second-order valence-electron chi connectivity index (χ2n) is 7.94. The summed E-state index contributed by atoms with van der Waals surface area (Å²) in [6, 6.07) is 7.99. The molecular formula is C21H36O3Si. The first-order valence-corrected chi connectivity index (χ1v) is 12.2. The highest BCUT2D eigenvalue weighted by molar-refractivity contribution is 6.74. The molecule has 0 N–H and O–H groups in total. The van der Waals surface area contributed by atoms with Gasteiger partial charge in [-0.2, -0.15) is 0 Å². The van der Waals surface area contributed by atoms with Gasteiger partial charge in [0, 0.05) is 0 Å². The van der Waals surface area contributed by atoms with Crippen LogP contribution in [-0.2, 0) is 15.8 Å². The Kier molecular flexibility index (Phi) is 8.90. The third-order valence-corrected chi connectivity index (χ3v) is 9.37. The zero-order valence-corrected chi connectivity index (χ0v) is 18.1. The van der Waals surface area contributed by atoms with Crippen LogP contribution in [0.2, 0.25) is 18.1 Å². The van der Waals surface area contributed by atoms with E-state index < -0.39 is 8.32 Å². The maximum Gasteiger partial charge on any atom is 0.192 e. The first kappa shape index (κ1) is 21.9. The van der Waals surface area contributed by atoms with Crippen molar-refractivity contribution in [2.24, 2.45) is 0 Å². The fourth-order valence-corrected chi connectivity index (χ4v) is 3.48. The molecule has 0 unspecified atom stereocenters. The highest BCUT2D eigenvalue weighted by Crippen LogP contribution is 2.37. The van der Waals surface area contributed by atoms with Gasteiger partial charge in [0.2, 0.25) is 0 Å². The molecule has 4 heteroatoms. The molecule has 3 nitrogen and oxygen atoms in total. The Bertz CT molecular complexity index is 515. The first-order valence-electron chi connectivity index (χ1n) is 9.24. The van der Waals surface area contributed by atoms with E-state index in [1.165, 1.54) is 0 Å². The minimum Gasteiger partial charge on any atom is -0.497 e. The molecule has 0 aliphatic carbocycles. The minimum atomic E-state index is -1.71. The molecule has 0 aromatic heterocycles. The predicted octanol–water partition coefficient (Wildman–Crippen LogP) is 5.96. The van der Waals surface area contributed by atoms with Crippen LogP contribution in [0, 0.1) is 0 Å². The summed E-state index contributed by atoms with van der Waals surface area (Å²) < 4.78 is 17.3. The molecule has 0 aliphatic heterocycles. The molecule has 0 saturated heterocycles. The minimum absolute atomic E-state index is 0.211. The maximum absolute atomic E-state index is 6.45. The van der Waals surface area contributed by atoms with Crippen molar-refractivity contribution in [3.05, 3.63) is 42.0 Å². The molecule has 0 saturated carbocycles. The molecule has 0 spiro atoms. The van der Waals surface area contributed by atoms with Crippen LogP contribution in [0.4, 0.5) is 0 Å². The van der Waals surface area contributed by atoms with E-state index in [4.69, 9.17) is 13.9 Å². The monoisotopic (exact) mass is 364 g/mol. The van der Waals surface area contributed by atoms with Crippen LogP contribution >= 0.6 is 0 Å². The van der Waals surface area contributed by atoms with Crippen molar-refractivity contribution in [1.29, 1.82) is 0 Å². The Morgan fingerprint density at radius 1 is 1.12 bits per heavy atom. The summed E-state index contributed by atoms with van der Waals surface area (Å²) in [7, 11) is -0.0323. The highest BCUT2D eigenvalue weighted by Gasteiger charge is 2.38. The molecule has 142 valence electrons. The quantitative estimate of drug-likeness (QED) is 0.291. The average molecular weight is 365 g/mol. The van der Waals surface area contributed by atoms with E-state index in [0.717, 1.165) is 30.8 Å². The average Bonchev–Trinajstić information content (AvgIpc) is 2.56. The van der Waals surface area contributed by atoms with E-state index in [-0.39, 0.29) is 11.1 Å². The lowest BCUT2D eigenvalue weighted by atomic mass is 10.2. The zero-order chi connectivity index (χ0) is 18.9. The third-order valence-electron chi connectivity index (χ3n) is 4.86. The van der Waals surface area contributed by atoms with E-state index >= 15 is 0 Å². The van der Waals surface area contributed by atoms with Gasteiger partial charge in [-0.05, 0) is 48.7 Å². The van der Waals surface area contributed by atoms with Gasteiger partial charge in [-0.25, -0.2) is 0 Å². The molecule has 0 heterocycles. The molecule has 0 amide bonds. The van der Waals surface area contributed by atoms with E-state index in [0.29, 0.717) is 6.61 Å². The van der Waals surface area contributed by atoms with Crippen molar-refractivity contribution < 1.29 is 13.9 Å². The van der Waals surface area contributed by atoms with Gasteiger partial charge in [0.05, 0.1) is 26.4 Å². The van der Waals surface area contributed by atoms with Gasteiger partial charge in [0.1, 0.15) is 5.75 Å². The molecule has 1 aromatic carbocycles. The highest BCUT2D eigenvalue weighted by atomic mass is 28.4. The van der Waals surface area contributed by atoms with Gasteiger partial charge in [0.25, 0.3) is 0 Å². The summed E-state index contributed by atoms with van der Waals surface area (Å²) in [5.41, 5.74) is 1.16. The lowest BCUT2D eigenvalue weighted by Crippen LogP contribution is -2.43. The van der Waals surface area contributed by atoms with Crippen molar-refractivity contribution in [2.75, 3.05) is 13.7 Å². The number of hydrogen-bond acceptors (Lipinski definition) is 3. The fourth-order valence-electron chi connectivity index (χ4n) is 2.13. The Morgan fingerprint density at radius 2 is 1.76 bits per heavy atom. The molecule has 0 bridgehead atoms. The summed E-state index contributed by atoms with van der Waals surface area (Å²) in [4.78, 5) is 0. The van der Waals surface area contributed by atoms with Crippen molar-refractivity contribution in [3.8, 4) is 5.75 Å². The number of rotatable bonds is 10. The van der Waals surface area contributed by atoms with Gasteiger partial charge >= 0.3 is 0 Å². The maximum atomic E-state index is 6.45. The topological polar surface area (TPSA) is 27.7 Å². The summed E-state index contributed by atoms with van der Waals surface area (Å²) in [5, 5.41) is 0.246. The fraction of sp³-hybridized carbons (Fsp3) is 0.619. The SMILES string of the molecule is CC[C@@H](/C=C\CCOCc1ccc(OC)cc1)O[Si](C)(C)C(C)(C)C. The number of hydrogen-bond donors (Lipinski definition) is 0.